The maximum atomic E-state index is 12.7. The molecule has 0 unspecified atom stereocenters. The first kappa shape index (κ1) is 15.1. The Morgan fingerprint density at radius 1 is 1.36 bits per heavy atom. The fourth-order valence-electron chi connectivity index (χ4n) is 2.93. The number of carbonyl (C=O) groups excluding carboxylic acids is 2. The summed E-state index contributed by atoms with van der Waals surface area (Å²) in [6, 6.07) is -0.502. The van der Waals surface area contributed by atoms with Gasteiger partial charge in [-0.3, -0.25) is 19.0 Å². The number of likely N-dealkylation sites (tertiary alicyclic amines) is 1. The molecule has 2 aliphatic rings. The standard InChI is InChI=1S/C14H18N4O3S/c1-15-11(19)10-4-2-3-5-17(10)12(20)9-8-16-14-18(13(9)21)6-7-22-14/h8,10H,2-7H2,1H3,(H,15,19)/t10-/m0/s1. The molecule has 0 aliphatic carbocycles. The molecule has 1 atom stereocenters. The quantitative estimate of drug-likeness (QED) is 0.780. The molecule has 2 amide bonds. The van der Waals surface area contributed by atoms with Crippen LogP contribution in [0.5, 0.6) is 0 Å². The summed E-state index contributed by atoms with van der Waals surface area (Å²) < 4.78 is 1.54. The van der Waals surface area contributed by atoms with Gasteiger partial charge in [0, 0.05) is 32.1 Å². The molecule has 2 aliphatic heterocycles. The molecule has 1 fully saturated rings. The first-order chi connectivity index (χ1) is 10.6. The first-order valence-corrected chi connectivity index (χ1v) is 8.37. The number of fused-ring (bicyclic) bond motifs is 1. The van der Waals surface area contributed by atoms with Gasteiger partial charge in [-0.1, -0.05) is 11.8 Å². The topological polar surface area (TPSA) is 84.3 Å². The van der Waals surface area contributed by atoms with Crippen molar-refractivity contribution in [3.63, 3.8) is 0 Å². The molecule has 1 saturated heterocycles. The van der Waals surface area contributed by atoms with Crippen LogP contribution in [-0.2, 0) is 11.3 Å². The lowest BCUT2D eigenvalue weighted by Gasteiger charge is -2.34. The van der Waals surface area contributed by atoms with Crippen LogP contribution in [0.3, 0.4) is 0 Å². The Hall–Kier alpha value is -1.83. The van der Waals surface area contributed by atoms with Gasteiger partial charge < -0.3 is 10.2 Å². The van der Waals surface area contributed by atoms with Gasteiger partial charge in [0.2, 0.25) is 5.91 Å². The van der Waals surface area contributed by atoms with Gasteiger partial charge in [0.25, 0.3) is 11.5 Å². The number of hydrogen-bond donors (Lipinski definition) is 1. The van der Waals surface area contributed by atoms with Crippen LogP contribution in [0.25, 0.3) is 0 Å². The third-order valence-corrected chi connectivity index (χ3v) is 5.07. The Kier molecular flexibility index (Phi) is 4.19. The zero-order chi connectivity index (χ0) is 15.7. The van der Waals surface area contributed by atoms with E-state index < -0.39 is 11.9 Å². The minimum absolute atomic E-state index is 0.0575. The predicted molar refractivity (Wildman–Crippen MR) is 82.0 cm³/mol. The largest absolute Gasteiger partial charge is 0.357 e. The minimum Gasteiger partial charge on any atom is -0.357 e. The number of piperidine rings is 1. The van der Waals surface area contributed by atoms with Gasteiger partial charge in [0.15, 0.2) is 5.16 Å². The van der Waals surface area contributed by atoms with E-state index in [1.165, 1.54) is 27.4 Å². The van der Waals surface area contributed by atoms with E-state index in [0.29, 0.717) is 24.7 Å². The van der Waals surface area contributed by atoms with Gasteiger partial charge in [0.05, 0.1) is 0 Å². The smallest absolute Gasteiger partial charge is 0.267 e. The minimum atomic E-state index is -0.502. The Balaban J connectivity index is 1.93. The number of carbonyl (C=O) groups is 2. The average Bonchev–Trinajstić information content (AvgIpc) is 3.03. The van der Waals surface area contributed by atoms with E-state index in [1.54, 1.807) is 7.05 Å². The van der Waals surface area contributed by atoms with Gasteiger partial charge in [-0.2, -0.15) is 0 Å². The van der Waals surface area contributed by atoms with Gasteiger partial charge in [0.1, 0.15) is 11.6 Å². The third-order valence-electron chi connectivity index (χ3n) is 4.10. The number of nitrogens with one attached hydrogen (secondary N) is 1. The van der Waals surface area contributed by atoms with E-state index in [1.807, 2.05) is 0 Å². The normalized spacial score (nSPS) is 20.6. The second-order valence-electron chi connectivity index (χ2n) is 5.38. The zero-order valence-corrected chi connectivity index (χ0v) is 13.2. The van der Waals surface area contributed by atoms with Gasteiger partial charge in [-0.15, -0.1) is 0 Å². The fraction of sp³-hybridized carbons (Fsp3) is 0.571. The molecular formula is C14H18N4O3S. The molecule has 3 heterocycles. The molecule has 1 aromatic heterocycles. The Bertz CT molecular complexity index is 673. The van der Waals surface area contributed by atoms with Crippen molar-refractivity contribution in [1.82, 2.24) is 19.8 Å². The molecule has 1 N–H and O–H groups in total. The lowest BCUT2D eigenvalue weighted by Crippen LogP contribution is -2.52. The molecule has 0 aromatic carbocycles. The number of amides is 2. The van der Waals surface area contributed by atoms with E-state index in [2.05, 4.69) is 10.3 Å². The number of rotatable bonds is 2. The summed E-state index contributed by atoms with van der Waals surface area (Å²) in [5, 5.41) is 3.25. The summed E-state index contributed by atoms with van der Waals surface area (Å²) in [4.78, 5) is 42.9. The molecule has 0 radical (unpaired) electrons. The van der Waals surface area contributed by atoms with Crippen LogP contribution >= 0.6 is 11.8 Å². The average molecular weight is 322 g/mol. The molecule has 0 bridgehead atoms. The number of hydrogen-bond acceptors (Lipinski definition) is 5. The highest BCUT2D eigenvalue weighted by atomic mass is 32.2. The van der Waals surface area contributed by atoms with E-state index >= 15 is 0 Å². The second kappa shape index (κ2) is 6.12. The van der Waals surface area contributed by atoms with Gasteiger partial charge in [-0.05, 0) is 19.3 Å². The van der Waals surface area contributed by atoms with Crippen LogP contribution in [0.2, 0.25) is 0 Å². The fourth-order valence-corrected chi connectivity index (χ4v) is 3.85. The van der Waals surface area contributed by atoms with Crippen LogP contribution in [-0.4, -0.2) is 51.7 Å². The van der Waals surface area contributed by atoms with Crippen molar-refractivity contribution in [3.05, 3.63) is 22.1 Å². The summed E-state index contributed by atoms with van der Waals surface area (Å²) >= 11 is 1.51. The molecule has 118 valence electrons. The van der Waals surface area contributed by atoms with Crippen LogP contribution in [0, 0.1) is 0 Å². The number of thioether (sulfide) groups is 1. The van der Waals surface area contributed by atoms with Crippen molar-refractivity contribution >= 4 is 23.6 Å². The van der Waals surface area contributed by atoms with Crippen molar-refractivity contribution < 1.29 is 9.59 Å². The van der Waals surface area contributed by atoms with E-state index in [4.69, 9.17) is 0 Å². The van der Waals surface area contributed by atoms with E-state index in [9.17, 15) is 14.4 Å². The second-order valence-corrected chi connectivity index (χ2v) is 6.45. The first-order valence-electron chi connectivity index (χ1n) is 7.38. The van der Waals surface area contributed by atoms with E-state index in [0.717, 1.165) is 18.6 Å². The molecular weight excluding hydrogens is 304 g/mol. The highest BCUT2D eigenvalue weighted by molar-refractivity contribution is 7.99. The van der Waals surface area contributed by atoms with E-state index in [-0.39, 0.29) is 17.0 Å². The van der Waals surface area contributed by atoms with Crippen LogP contribution in [0.1, 0.15) is 29.6 Å². The molecule has 8 heteroatoms. The monoisotopic (exact) mass is 322 g/mol. The Morgan fingerprint density at radius 2 is 2.18 bits per heavy atom. The summed E-state index contributed by atoms with van der Waals surface area (Å²) in [5.41, 5.74) is -0.247. The molecule has 22 heavy (non-hydrogen) atoms. The van der Waals surface area contributed by atoms with Crippen molar-refractivity contribution in [1.29, 1.82) is 0 Å². The molecule has 0 spiro atoms. The van der Waals surface area contributed by atoms with Crippen molar-refractivity contribution in [2.45, 2.75) is 37.0 Å². The lowest BCUT2D eigenvalue weighted by molar-refractivity contribution is -0.126. The number of likely N-dealkylation sites (N-methyl/N-ethyl adjacent to an activating group) is 1. The van der Waals surface area contributed by atoms with Crippen molar-refractivity contribution in [2.75, 3.05) is 19.3 Å². The SMILES string of the molecule is CNC(=O)[C@@H]1CCCCN1C(=O)c1cnc2n(c1=O)CCS2. The van der Waals surface area contributed by atoms with Gasteiger partial charge >= 0.3 is 0 Å². The lowest BCUT2D eigenvalue weighted by atomic mass is 10.0. The maximum Gasteiger partial charge on any atom is 0.267 e. The van der Waals surface area contributed by atoms with Crippen molar-refractivity contribution in [3.8, 4) is 0 Å². The summed E-state index contributed by atoms with van der Waals surface area (Å²) in [7, 11) is 1.56. The van der Waals surface area contributed by atoms with Crippen LogP contribution < -0.4 is 10.9 Å². The predicted octanol–water partition coefficient (Wildman–Crippen LogP) is 0.0897. The molecule has 3 rings (SSSR count). The van der Waals surface area contributed by atoms with Crippen molar-refractivity contribution in [2.24, 2.45) is 0 Å². The Labute approximate surface area is 132 Å². The third kappa shape index (κ3) is 2.51. The highest BCUT2D eigenvalue weighted by Gasteiger charge is 2.34. The maximum absolute atomic E-state index is 12.7. The molecule has 7 nitrogen and oxygen atoms in total. The van der Waals surface area contributed by atoms with Crippen LogP contribution in [0.15, 0.2) is 16.1 Å². The summed E-state index contributed by atoms with van der Waals surface area (Å²) in [6.45, 7) is 1.07. The Morgan fingerprint density at radius 3 is 2.95 bits per heavy atom. The highest BCUT2D eigenvalue weighted by Crippen LogP contribution is 2.22. The summed E-state index contributed by atoms with van der Waals surface area (Å²) in [6.07, 6.45) is 3.72. The van der Waals surface area contributed by atoms with Gasteiger partial charge in [-0.25, -0.2) is 4.98 Å². The number of aromatic nitrogens is 2. The molecule has 0 saturated carbocycles. The summed E-state index contributed by atoms with van der Waals surface area (Å²) in [5.74, 6) is 0.223. The number of nitrogens with zero attached hydrogens (tertiary/aromatic N) is 3. The zero-order valence-electron chi connectivity index (χ0n) is 12.4. The van der Waals surface area contributed by atoms with Crippen LogP contribution in [0.4, 0.5) is 0 Å². The molecule has 1 aromatic rings.